The third-order valence-corrected chi connectivity index (χ3v) is 2.92. The van der Waals surface area contributed by atoms with Gasteiger partial charge >= 0.3 is 0 Å². The fourth-order valence-corrected chi connectivity index (χ4v) is 1.75. The predicted octanol–water partition coefficient (Wildman–Crippen LogP) is 3.14. The Morgan fingerprint density at radius 1 is 1.32 bits per heavy atom. The Morgan fingerprint density at radius 3 is 2.68 bits per heavy atom. The van der Waals surface area contributed by atoms with Gasteiger partial charge in [-0.1, -0.05) is 25.7 Å². The first kappa shape index (κ1) is 15.8. The van der Waals surface area contributed by atoms with Crippen LogP contribution < -0.4 is 4.74 Å². The molecule has 0 amide bonds. The second-order valence-corrected chi connectivity index (χ2v) is 4.22. The molecule has 1 rings (SSSR count). The molecule has 0 aromatic heterocycles. The zero-order valence-corrected chi connectivity index (χ0v) is 12.1. The first-order valence-electron chi connectivity index (χ1n) is 6.40. The van der Waals surface area contributed by atoms with Crippen molar-refractivity contribution in [3.05, 3.63) is 29.6 Å². The minimum absolute atomic E-state index is 0.218. The molecule has 0 aliphatic heterocycles. The summed E-state index contributed by atoms with van der Waals surface area (Å²) in [5.41, 5.74) is 0.542. The number of hydrogen-bond donors (Lipinski definition) is 0. The number of halogens is 2. The van der Waals surface area contributed by atoms with Crippen molar-refractivity contribution in [1.82, 2.24) is 4.90 Å². The first-order valence-corrected chi connectivity index (χ1v) is 6.94. The Morgan fingerprint density at radius 2 is 2.05 bits per heavy atom. The fourth-order valence-electron chi connectivity index (χ4n) is 1.68. The quantitative estimate of drug-likeness (QED) is 0.587. The summed E-state index contributed by atoms with van der Waals surface area (Å²) in [6.45, 7) is 7.59. The van der Waals surface area contributed by atoms with Crippen LogP contribution >= 0.6 is 11.6 Å². The molecule has 2 nitrogen and oxygen atoms in total. The average Bonchev–Trinajstić information content (AvgIpc) is 2.43. The van der Waals surface area contributed by atoms with E-state index in [-0.39, 0.29) is 11.7 Å². The Hall–Kier alpha value is -1.24. The predicted molar refractivity (Wildman–Crippen MR) is 77.3 cm³/mol. The Bertz CT molecular complexity index is 449. The van der Waals surface area contributed by atoms with Gasteiger partial charge in [-0.05, 0) is 31.3 Å². The topological polar surface area (TPSA) is 12.5 Å². The highest BCUT2D eigenvalue weighted by molar-refractivity contribution is 6.19. The normalized spacial score (nSPS) is 10.2. The van der Waals surface area contributed by atoms with Crippen molar-refractivity contribution in [2.24, 2.45) is 0 Å². The van der Waals surface area contributed by atoms with Gasteiger partial charge in [0.1, 0.15) is 18.2 Å². The fraction of sp³-hybridized carbons (Fsp3) is 0.467. The van der Waals surface area contributed by atoms with E-state index in [0.29, 0.717) is 17.9 Å². The van der Waals surface area contributed by atoms with Gasteiger partial charge in [-0.2, -0.15) is 0 Å². The lowest BCUT2D eigenvalue weighted by Gasteiger charge is -2.18. The monoisotopic (exact) mass is 283 g/mol. The molecule has 1 aromatic rings. The zero-order chi connectivity index (χ0) is 14.1. The van der Waals surface area contributed by atoms with E-state index in [1.165, 1.54) is 12.1 Å². The molecule has 0 atom stereocenters. The summed E-state index contributed by atoms with van der Waals surface area (Å²) in [6, 6.07) is 4.35. The molecule has 0 fully saturated rings. The van der Waals surface area contributed by atoms with Crippen LogP contribution in [0.1, 0.15) is 19.4 Å². The molecule has 0 saturated carbocycles. The lowest BCUT2D eigenvalue weighted by molar-refractivity contribution is 0.222. The van der Waals surface area contributed by atoms with Crippen LogP contribution in [0, 0.1) is 17.7 Å². The van der Waals surface area contributed by atoms with Gasteiger partial charge in [0.2, 0.25) is 0 Å². The van der Waals surface area contributed by atoms with Crippen LogP contribution in [0.2, 0.25) is 0 Å². The molecule has 104 valence electrons. The van der Waals surface area contributed by atoms with E-state index in [1.54, 1.807) is 6.07 Å². The number of rotatable bonds is 6. The van der Waals surface area contributed by atoms with Gasteiger partial charge in [-0.15, -0.1) is 11.6 Å². The number of likely N-dealkylation sites (N-methyl/N-ethyl adjacent to an activating group) is 1. The van der Waals surface area contributed by atoms with Crippen LogP contribution in [-0.2, 0) is 0 Å². The van der Waals surface area contributed by atoms with E-state index in [1.807, 2.05) is 0 Å². The van der Waals surface area contributed by atoms with Gasteiger partial charge in [0.25, 0.3) is 0 Å². The zero-order valence-electron chi connectivity index (χ0n) is 11.4. The van der Waals surface area contributed by atoms with Crippen molar-refractivity contribution in [2.75, 3.05) is 32.1 Å². The number of nitrogens with zero attached hydrogens (tertiary/aromatic N) is 1. The minimum Gasteiger partial charge on any atom is -0.491 e. The molecule has 0 saturated heterocycles. The number of ether oxygens (including phenoxy) is 1. The van der Waals surface area contributed by atoms with Gasteiger partial charge in [0.05, 0.1) is 11.4 Å². The number of alkyl halides is 1. The standard InChI is InChI=1S/C15H19ClFNO/c1-3-18(4-2)10-11-19-15-8-7-14(17)12-13(15)6-5-9-16/h7-8,12H,3-4,9-11H2,1-2H3. The molecule has 0 bridgehead atoms. The van der Waals surface area contributed by atoms with Crippen LogP contribution in [-0.4, -0.2) is 37.0 Å². The maximum atomic E-state index is 13.2. The van der Waals surface area contributed by atoms with E-state index in [0.717, 1.165) is 19.6 Å². The summed E-state index contributed by atoms with van der Waals surface area (Å²) in [4.78, 5) is 2.26. The highest BCUT2D eigenvalue weighted by Gasteiger charge is 2.04. The van der Waals surface area contributed by atoms with Crippen LogP contribution in [0.5, 0.6) is 5.75 Å². The smallest absolute Gasteiger partial charge is 0.135 e. The first-order chi connectivity index (χ1) is 9.21. The third-order valence-electron chi connectivity index (χ3n) is 2.79. The minimum atomic E-state index is -0.324. The van der Waals surface area contributed by atoms with Gasteiger partial charge in [-0.25, -0.2) is 4.39 Å². The highest BCUT2D eigenvalue weighted by atomic mass is 35.5. The Labute approximate surface area is 119 Å². The maximum absolute atomic E-state index is 13.2. The van der Waals surface area contributed by atoms with Crippen molar-refractivity contribution in [3.8, 4) is 17.6 Å². The van der Waals surface area contributed by atoms with E-state index in [2.05, 4.69) is 30.6 Å². The van der Waals surface area contributed by atoms with Crippen LogP contribution in [0.15, 0.2) is 18.2 Å². The Kier molecular flexibility index (Phi) is 7.32. The average molecular weight is 284 g/mol. The van der Waals surface area contributed by atoms with Gasteiger partial charge in [0, 0.05) is 6.54 Å². The number of hydrogen-bond acceptors (Lipinski definition) is 2. The van der Waals surface area contributed by atoms with Gasteiger partial charge < -0.3 is 9.64 Å². The summed E-state index contributed by atoms with van der Waals surface area (Å²) >= 11 is 5.51. The summed E-state index contributed by atoms with van der Waals surface area (Å²) in [6.07, 6.45) is 0. The molecule has 0 spiro atoms. The van der Waals surface area contributed by atoms with Crippen molar-refractivity contribution < 1.29 is 9.13 Å². The van der Waals surface area contributed by atoms with Crippen LogP contribution in [0.3, 0.4) is 0 Å². The van der Waals surface area contributed by atoms with Gasteiger partial charge in [0.15, 0.2) is 0 Å². The molecular formula is C15H19ClFNO. The highest BCUT2D eigenvalue weighted by Crippen LogP contribution is 2.18. The second-order valence-electron chi connectivity index (χ2n) is 3.95. The van der Waals surface area contributed by atoms with Crippen LogP contribution in [0.25, 0.3) is 0 Å². The second kappa shape index (κ2) is 8.79. The summed E-state index contributed by atoms with van der Waals surface area (Å²) < 4.78 is 18.8. The molecule has 0 radical (unpaired) electrons. The van der Waals surface area contributed by atoms with E-state index >= 15 is 0 Å². The molecule has 0 N–H and O–H groups in total. The van der Waals surface area contributed by atoms with Crippen molar-refractivity contribution in [2.45, 2.75) is 13.8 Å². The third kappa shape index (κ3) is 5.50. The van der Waals surface area contributed by atoms with E-state index in [9.17, 15) is 4.39 Å². The molecule has 1 aromatic carbocycles. The largest absolute Gasteiger partial charge is 0.491 e. The summed E-state index contributed by atoms with van der Waals surface area (Å²) in [5, 5.41) is 0. The molecule has 0 heterocycles. The maximum Gasteiger partial charge on any atom is 0.135 e. The molecule has 0 aliphatic carbocycles. The van der Waals surface area contributed by atoms with Crippen molar-refractivity contribution in [3.63, 3.8) is 0 Å². The molecular weight excluding hydrogens is 265 g/mol. The molecule has 4 heteroatoms. The van der Waals surface area contributed by atoms with Crippen LogP contribution in [0.4, 0.5) is 4.39 Å². The lowest BCUT2D eigenvalue weighted by atomic mass is 10.2. The van der Waals surface area contributed by atoms with Crippen molar-refractivity contribution >= 4 is 11.6 Å². The van der Waals surface area contributed by atoms with Crippen molar-refractivity contribution in [1.29, 1.82) is 0 Å². The Balaban J connectivity index is 2.67. The van der Waals surface area contributed by atoms with E-state index in [4.69, 9.17) is 16.3 Å². The molecule has 0 aliphatic rings. The lowest BCUT2D eigenvalue weighted by Crippen LogP contribution is -2.28. The SMILES string of the molecule is CCN(CC)CCOc1ccc(F)cc1C#CCCl. The molecule has 0 unspecified atom stereocenters. The summed E-state index contributed by atoms with van der Waals surface area (Å²) in [7, 11) is 0. The van der Waals surface area contributed by atoms with E-state index < -0.39 is 0 Å². The van der Waals surface area contributed by atoms with Gasteiger partial charge in [-0.3, -0.25) is 0 Å². The molecule has 19 heavy (non-hydrogen) atoms. The summed E-state index contributed by atoms with van der Waals surface area (Å²) in [5.74, 6) is 6.02. The number of benzene rings is 1.